The van der Waals surface area contributed by atoms with Gasteiger partial charge in [0.15, 0.2) is 0 Å². The molecule has 3 heteroatoms. The van der Waals surface area contributed by atoms with E-state index in [0.717, 1.165) is 16.3 Å². The highest BCUT2D eigenvalue weighted by Gasteiger charge is 2.09. The van der Waals surface area contributed by atoms with Crippen molar-refractivity contribution in [3.05, 3.63) is 28.8 Å². The Hall–Kier alpha value is -0.730. The largest absolute Gasteiger partial charge is 0.271 e. The summed E-state index contributed by atoms with van der Waals surface area (Å²) in [6, 6.07) is 5.66. The Morgan fingerprint density at radius 3 is 3.30 bits per heavy atom. The second-order valence-corrected chi connectivity index (χ2v) is 2.63. The van der Waals surface area contributed by atoms with Crippen LogP contribution in [0.5, 0.6) is 0 Å². The van der Waals surface area contributed by atoms with E-state index >= 15 is 0 Å². The predicted octanol–water partition coefficient (Wildman–Crippen LogP) is 2.20. The lowest BCUT2D eigenvalue weighted by Crippen LogP contribution is -1.86. The Balaban J connectivity index is 2.52. The molecule has 1 heterocycles. The molecule has 0 spiro atoms. The van der Waals surface area contributed by atoms with E-state index in [4.69, 9.17) is 16.4 Å². The molecule has 0 unspecified atom stereocenters. The highest BCUT2D eigenvalue weighted by atomic mass is 35.5. The van der Waals surface area contributed by atoms with Crippen molar-refractivity contribution in [2.24, 2.45) is 0 Å². The van der Waals surface area contributed by atoms with E-state index in [2.05, 4.69) is 5.48 Å². The van der Waals surface area contributed by atoms with Gasteiger partial charge in [-0.2, -0.15) is 0 Å². The van der Waals surface area contributed by atoms with Gasteiger partial charge in [-0.15, -0.1) is 0 Å². The highest BCUT2D eigenvalue weighted by Crippen LogP contribution is 2.25. The van der Waals surface area contributed by atoms with Gasteiger partial charge in [0.05, 0.1) is 5.69 Å². The van der Waals surface area contributed by atoms with E-state index in [-0.39, 0.29) is 0 Å². The molecule has 1 aliphatic heterocycles. The number of nitrogens with one attached hydrogen (secondary N) is 1. The van der Waals surface area contributed by atoms with Crippen LogP contribution in [-0.2, 0) is 11.4 Å². The average Bonchev–Trinajstić information content (AvgIpc) is 2.33. The van der Waals surface area contributed by atoms with E-state index in [1.165, 1.54) is 0 Å². The second-order valence-electron chi connectivity index (χ2n) is 2.19. The van der Waals surface area contributed by atoms with Crippen LogP contribution in [0.25, 0.3) is 0 Å². The molecule has 1 aromatic carbocycles. The summed E-state index contributed by atoms with van der Waals surface area (Å²) >= 11 is 5.73. The molecule has 2 rings (SSSR count). The third kappa shape index (κ3) is 0.856. The highest BCUT2D eigenvalue weighted by molar-refractivity contribution is 6.30. The summed E-state index contributed by atoms with van der Waals surface area (Å²) in [6.45, 7) is 0.631. The van der Waals surface area contributed by atoms with Crippen molar-refractivity contribution in [1.82, 2.24) is 0 Å². The van der Waals surface area contributed by atoms with E-state index < -0.39 is 0 Å². The standard InChI is InChI=1S/C7H6ClNO/c8-6-2-1-5-4-10-9-7(5)3-6/h1-3,9H,4H2. The molecule has 0 aromatic heterocycles. The molecular weight excluding hydrogens is 150 g/mol. The first-order chi connectivity index (χ1) is 4.86. The minimum absolute atomic E-state index is 0.631. The number of anilines is 1. The summed E-state index contributed by atoms with van der Waals surface area (Å²) in [5.74, 6) is 0. The van der Waals surface area contributed by atoms with Gasteiger partial charge in [-0.3, -0.25) is 10.3 Å². The van der Waals surface area contributed by atoms with Crippen molar-refractivity contribution in [3.8, 4) is 0 Å². The van der Waals surface area contributed by atoms with Gasteiger partial charge in [0.1, 0.15) is 6.61 Å². The zero-order valence-corrected chi connectivity index (χ0v) is 5.98. The summed E-state index contributed by atoms with van der Waals surface area (Å²) in [4.78, 5) is 4.96. The number of hydrogen-bond donors (Lipinski definition) is 1. The minimum atomic E-state index is 0.631. The molecule has 0 fully saturated rings. The van der Waals surface area contributed by atoms with Crippen LogP contribution in [0.4, 0.5) is 5.69 Å². The van der Waals surface area contributed by atoms with Crippen LogP contribution in [0.2, 0.25) is 5.02 Å². The number of hydrogen-bond acceptors (Lipinski definition) is 2. The van der Waals surface area contributed by atoms with E-state index in [9.17, 15) is 0 Å². The molecule has 0 bridgehead atoms. The molecule has 0 atom stereocenters. The molecule has 1 aromatic rings. The van der Waals surface area contributed by atoms with Gasteiger partial charge in [-0.1, -0.05) is 17.7 Å². The summed E-state index contributed by atoms with van der Waals surface area (Å²) in [7, 11) is 0. The van der Waals surface area contributed by atoms with Crippen LogP contribution in [0, 0.1) is 0 Å². The maximum absolute atomic E-state index is 5.73. The van der Waals surface area contributed by atoms with Crippen LogP contribution in [0.15, 0.2) is 18.2 Å². The molecular formula is C7H6ClNO. The summed E-state index contributed by atoms with van der Waals surface area (Å²) in [5, 5.41) is 0.733. The van der Waals surface area contributed by atoms with Crippen LogP contribution < -0.4 is 5.48 Å². The van der Waals surface area contributed by atoms with Crippen molar-refractivity contribution < 1.29 is 4.84 Å². The van der Waals surface area contributed by atoms with Crippen LogP contribution in [-0.4, -0.2) is 0 Å². The van der Waals surface area contributed by atoms with Gasteiger partial charge in [0.2, 0.25) is 0 Å². The van der Waals surface area contributed by atoms with Gasteiger partial charge in [0, 0.05) is 10.6 Å². The zero-order valence-electron chi connectivity index (χ0n) is 5.23. The Morgan fingerprint density at radius 1 is 1.50 bits per heavy atom. The molecule has 10 heavy (non-hydrogen) atoms. The molecule has 2 nitrogen and oxygen atoms in total. The first kappa shape index (κ1) is 6.01. The lowest BCUT2D eigenvalue weighted by atomic mass is 10.2. The normalized spacial score (nSPS) is 14.5. The van der Waals surface area contributed by atoms with Gasteiger partial charge >= 0.3 is 0 Å². The molecule has 1 aliphatic rings. The van der Waals surface area contributed by atoms with Crippen molar-refractivity contribution in [2.75, 3.05) is 5.48 Å². The molecule has 1 N–H and O–H groups in total. The van der Waals surface area contributed by atoms with E-state index in [1.807, 2.05) is 18.2 Å². The van der Waals surface area contributed by atoms with Crippen LogP contribution in [0.3, 0.4) is 0 Å². The lowest BCUT2D eigenvalue weighted by Gasteiger charge is -1.95. The second kappa shape index (κ2) is 2.15. The number of rotatable bonds is 0. The smallest absolute Gasteiger partial charge is 0.102 e. The third-order valence-electron chi connectivity index (χ3n) is 1.48. The maximum Gasteiger partial charge on any atom is 0.102 e. The van der Waals surface area contributed by atoms with Crippen LogP contribution >= 0.6 is 11.6 Å². The van der Waals surface area contributed by atoms with Gasteiger partial charge in [-0.05, 0) is 12.1 Å². The van der Waals surface area contributed by atoms with Gasteiger partial charge in [-0.25, -0.2) is 0 Å². The quantitative estimate of drug-likeness (QED) is 0.620. The maximum atomic E-state index is 5.73. The number of benzene rings is 1. The molecule has 0 saturated heterocycles. The molecule has 0 saturated carbocycles. The Labute approximate surface area is 63.7 Å². The predicted molar refractivity (Wildman–Crippen MR) is 39.9 cm³/mol. The summed E-state index contributed by atoms with van der Waals surface area (Å²) in [5.41, 5.74) is 4.89. The third-order valence-corrected chi connectivity index (χ3v) is 1.72. The SMILES string of the molecule is Clc1ccc2c(c1)NOC2. The van der Waals surface area contributed by atoms with Crippen molar-refractivity contribution >= 4 is 17.3 Å². The van der Waals surface area contributed by atoms with E-state index in [1.54, 1.807) is 0 Å². The number of fused-ring (bicyclic) bond motifs is 1. The van der Waals surface area contributed by atoms with Crippen LogP contribution in [0.1, 0.15) is 5.56 Å². The Morgan fingerprint density at radius 2 is 2.40 bits per heavy atom. The van der Waals surface area contributed by atoms with Gasteiger partial charge in [0.25, 0.3) is 0 Å². The minimum Gasteiger partial charge on any atom is -0.271 e. The number of halogens is 1. The molecule has 52 valence electrons. The molecule has 0 radical (unpaired) electrons. The fourth-order valence-electron chi connectivity index (χ4n) is 0.961. The first-order valence-electron chi connectivity index (χ1n) is 3.02. The first-order valence-corrected chi connectivity index (χ1v) is 3.40. The molecule has 0 amide bonds. The fourth-order valence-corrected chi connectivity index (χ4v) is 1.13. The lowest BCUT2D eigenvalue weighted by molar-refractivity contribution is 0.202. The topological polar surface area (TPSA) is 21.3 Å². The van der Waals surface area contributed by atoms with E-state index in [0.29, 0.717) is 6.61 Å². The zero-order chi connectivity index (χ0) is 6.97. The van der Waals surface area contributed by atoms with Crippen molar-refractivity contribution in [3.63, 3.8) is 0 Å². The summed E-state index contributed by atoms with van der Waals surface area (Å²) < 4.78 is 0. The fraction of sp³-hybridized carbons (Fsp3) is 0.143. The molecule has 0 aliphatic carbocycles. The summed E-state index contributed by atoms with van der Waals surface area (Å²) in [6.07, 6.45) is 0. The average molecular weight is 156 g/mol. The van der Waals surface area contributed by atoms with Crippen molar-refractivity contribution in [2.45, 2.75) is 6.61 Å². The van der Waals surface area contributed by atoms with Crippen molar-refractivity contribution in [1.29, 1.82) is 0 Å². The Bertz CT molecular complexity index is 262. The Kier molecular flexibility index (Phi) is 1.29. The monoisotopic (exact) mass is 155 g/mol. The van der Waals surface area contributed by atoms with Gasteiger partial charge < -0.3 is 0 Å².